The van der Waals surface area contributed by atoms with Gasteiger partial charge in [0.25, 0.3) is 0 Å². The predicted molar refractivity (Wildman–Crippen MR) is 91.5 cm³/mol. The van der Waals surface area contributed by atoms with Gasteiger partial charge in [0.15, 0.2) is 17.3 Å². The van der Waals surface area contributed by atoms with Crippen molar-refractivity contribution in [2.45, 2.75) is 0 Å². The summed E-state index contributed by atoms with van der Waals surface area (Å²) in [5, 5.41) is 0. The number of carbonyl (C=O) groups is 1. The zero-order chi connectivity index (χ0) is 16.2. The van der Waals surface area contributed by atoms with Gasteiger partial charge in [0.05, 0.1) is 7.11 Å². The lowest BCUT2D eigenvalue weighted by Gasteiger charge is -2.18. The Labute approximate surface area is 142 Å². The van der Waals surface area contributed by atoms with Crippen LogP contribution >= 0.6 is 15.9 Å². The summed E-state index contributed by atoms with van der Waals surface area (Å²) < 4.78 is 17.2. The van der Waals surface area contributed by atoms with Crippen LogP contribution in [0.4, 0.5) is 0 Å². The average Bonchev–Trinajstić information content (AvgIpc) is 2.59. The summed E-state index contributed by atoms with van der Waals surface area (Å²) in [6.07, 6.45) is 3.26. The number of methoxy groups -OCH3 is 1. The predicted octanol–water partition coefficient (Wildman–Crippen LogP) is 4.13. The maximum Gasteiger partial charge on any atom is 0.185 e. The Bertz CT molecular complexity index is 768. The monoisotopic (exact) mass is 374 g/mol. The zero-order valence-corrected chi connectivity index (χ0v) is 14.1. The van der Waals surface area contributed by atoms with Crippen molar-refractivity contribution in [3.05, 3.63) is 58.1 Å². The van der Waals surface area contributed by atoms with Gasteiger partial charge in [0.1, 0.15) is 19.0 Å². The summed E-state index contributed by atoms with van der Waals surface area (Å²) in [5.74, 6) is 1.88. The number of hydrogen-bond donors (Lipinski definition) is 0. The molecule has 118 valence electrons. The molecule has 2 aromatic carbocycles. The number of carbonyl (C=O) groups excluding carboxylic acids is 1. The van der Waals surface area contributed by atoms with Gasteiger partial charge in [-0.1, -0.05) is 15.9 Å². The van der Waals surface area contributed by atoms with Crippen molar-refractivity contribution in [3.63, 3.8) is 0 Å². The highest BCUT2D eigenvalue weighted by molar-refractivity contribution is 9.10. The van der Waals surface area contributed by atoms with E-state index in [9.17, 15) is 4.79 Å². The number of halogens is 1. The van der Waals surface area contributed by atoms with Crippen LogP contribution in [0.2, 0.25) is 0 Å². The van der Waals surface area contributed by atoms with Gasteiger partial charge in [-0.3, -0.25) is 4.79 Å². The Morgan fingerprint density at radius 3 is 2.70 bits per heavy atom. The minimum absolute atomic E-state index is 0.107. The normalized spacial score (nSPS) is 13.1. The van der Waals surface area contributed by atoms with Gasteiger partial charge in [-0.05, 0) is 48.6 Å². The van der Waals surface area contributed by atoms with Crippen LogP contribution in [0.3, 0.4) is 0 Å². The summed E-state index contributed by atoms with van der Waals surface area (Å²) in [7, 11) is 1.60. The molecule has 0 spiro atoms. The molecule has 0 N–H and O–H groups in total. The lowest BCUT2D eigenvalue weighted by molar-refractivity contribution is 0.104. The Hall–Kier alpha value is -2.27. The van der Waals surface area contributed by atoms with Crippen molar-refractivity contribution >= 4 is 27.8 Å². The topological polar surface area (TPSA) is 44.8 Å². The molecule has 0 fully saturated rings. The molecule has 0 aromatic heterocycles. The number of ketones is 1. The second-order valence-electron chi connectivity index (χ2n) is 4.94. The first-order valence-corrected chi connectivity index (χ1v) is 7.92. The molecule has 0 bridgehead atoms. The Morgan fingerprint density at radius 1 is 1.13 bits per heavy atom. The largest absolute Gasteiger partial charge is 0.496 e. The fraction of sp³-hybridized carbons (Fsp3) is 0.167. The fourth-order valence-corrected chi connectivity index (χ4v) is 2.67. The van der Waals surface area contributed by atoms with Crippen LogP contribution in [-0.2, 0) is 0 Å². The number of benzene rings is 2. The van der Waals surface area contributed by atoms with Crippen LogP contribution in [0.25, 0.3) is 6.08 Å². The van der Waals surface area contributed by atoms with Gasteiger partial charge in [-0.15, -0.1) is 0 Å². The molecule has 0 saturated carbocycles. The van der Waals surface area contributed by atoms with Crippen LogP contribution in [0.5, 0.6) is 17.2 Å². The Kier molecular flexibility index (Phi) is 4.67. The summed E-state index contributed by atoms with van der Waals surface area (Å²) in [6, 6.07) is 10.8. The number of allylic oxidation sites excluding steroid dienone is 1. The molecule has 0 radical (unpaired) electrons. The lowest BCUT2D eigenvalue weighted by atomic mass is 10.1. The van der Waals surface area contributed by atoms with Crippen molar-refractivity contribution < 1.29 is 19.0 Å². The molecule has 3 rings (SSSR count). The van der Waals surface area contributed by atoms with Crippen LogP contribution < -0.4 is 14.2 Å². The van der Waals surface area contributed by atoms with Crippen LogP contribution in [0.1, 0.15) is 15.9 Å². The van der Waals surface area contributed by atoms with Gasteiger partial charge in [0.2, 0.25) is 0 Å². The summed E-state index contributed by atoms with van der Waals surface area (Å²) in [5.41, 5.74) is 1.38. The van der Waals surface area contributed by atoms with Crippen molar-refractivity contribution in [1.29, 1.82) is 0 Å². The molecule has 1 aliphatic heterocycles. The van der Waals surface area contributed by atoms with E-state index in [1.807, 2.05) is 18.2 Å². The Morgan fingerprint density at radius 2 is 1.91 bits per heavy atom. The summed E-state index contributed by atoms with van der Waals surface area (Å²) in [4.78, 5) is 12.4. The first kappa shape index (κ1) is 15.6. The quantitative estimate of drug-likeness (QED) is 0.596. The molecule has 0 unspecified atom stereocenters. The highest BCUT2D eigenvalue weighted by Crippen LogP contribution is 2.31. The van der Waals surface area contributed by atoms with Gasteiger partial charge < -0.3 is 14.2 Å². The second kappa shape index (κ2) is 6.87. The second-order valence-corrected chi connectivity index (χ2v) is 5.86. The van der Waals surface area contributed by atoms with Crippen molar-refractivity contribution in [3.8, 4) is 17.2 Å². The van der Waals surface area contributed by atoms with E-state index < -0.39 is 0 Å². The summed E-state index contributed by atoms with van der Waals surface area (Å²) >= 11 is 3.41. The smallest absolute Gasteiger partial charge is 0.185 e. The molecule has 1 heterocycles. The lowest BCUT2D eigenvalue weighted by Crippen LogP contribution is -2.15. The van der Waals surface area contributed by atoms with Gasteiger partial charge >= 0.3 is 0 Å². The molecular formula is C18H15BrO4. The van der Waals surface area contributed by atoms with E-state index in [-0.39, 0.29) is 5.78 Å². The molecule has 23 heavy (non-hydrogen) atoms. The van der Waals surface area contributed by atoms with Gasteiger partial charge in [-0.2, -0.15) is 0 Å². The molecule has 0 saturated heterocycles. The maximum absolute atomic E-state index is 12.4. The van der Waals surface area contributed by atoms with Gasteiger partial charge in [-0.25, -0.2) is 0 Å². The van der Waals surface area contributed by atoms with E-state index in [0.717, 1.165) is 10.0 Å². The molecule has 0 atom stereocenters. The molecular weight excluding hydrogens is 360 g/mol. The minimum Gasteiger partial charge on any atom is -0.496 e. The summed E-state index contributed by atoms with van der Waals surface area (Å²) in [6.45, 7) is 1.03. The third kappa shape index (κ3) is 3.56. The average molecular weight is 375 g/mol. The molecule has 5 heteroatoms. The number of ether oxygens (including phenoxy) is 3. The van der Waals surface area contributed by atoms with E-state index in [2.05, 4.69) is 15.9 Å². The van der Waals surface area contributed by atoms with Crippen LogP contribution in [0.15, 0.2) is 46.9 Å². The third-order valence-corrected chi connectivity index (χ3v) is 3.93. The van der Waals surface area contributed by atoms with E-state index in [1.165, 1.54) is 6.08 Å². The molecule has 4 nitrogen and oxygen atoms in total. The molecule has 0 aliphatic carbocycles. The van der Waals surface area contributed by atoms with Crippen molar-refractivity contribution in [2.75, 3.05) is 20.3 Å². The Balaban J connectivity index is 1.83. The van der Waals surface area contributed by atoms with Crippen LogP contribution in [-0.4, -0.2) is 26.1 Å². The number of rotatable bonds is 4. The molecule has 0 amide bonds. The highest BCUT2D eigenvalue weighted by Gasteiger charge is 2.13. The standard InChI is InChI=1S/C18H15BrO4/c1-21-16-7-4-14(19)10-13(16)2-5-15(20)12-3-6-17-18(11-12)23-9-8-22-17/h2-7,10-11H,8-9H2,1H3/b5-2+. The first-order valence-electron chi connectivity index (χ1n) is 7.13. The van der Waals surface area contributed by atoms with Gasteiger partial charge in [0, 0.05) is 15.6 Å². The van der Waals surface area contributed by atoms with Crippen molar-refractivity contribution in [2.24, 2.45) is 0 Å². The van der Waals surface area contributed by atoms with E-state index in [1.54, 1.807) is 31.4 Å². The number of hydrogen-bond acceptors (Lipinski definition) is 4. The van der Waals surface area contributed by atoms with E-state index in [0.29, 0.717) is 36.0 Å². The maximum atomic E-state index is 12.4. The highest BCUT2D eigenvalue weighted by atomic mass is 79.9. The van der Waals surface area contributed by atoms with E-state index >= 15 is 0 Å². The minimum atomic E-state index is -0.107. The zero-order valence-electron chi connectivity index (χ0n) is 12.5. The fourth-order valence-electron chi connectivity index (χ4n) is 2.29. The number of fused-ring (bicyclic) bond motifs is 1. The van der Waals surface area contributed by atoms with Crippen molar-refractivity contribution in [1.82, 2.24) is 0 Å². The molecule has 1 aliphatic rings. The third-order valence-electron chi connectivity index (χ3n) is 3.43. The SMILES string of the molecule is COc1ccc(Br)cc1/C=C/C(=O)c1ccc2c(c1)OCCO2. The molecule has 2 aromatic rings. The van der Waals surface area contributed by atoms with E-state index in [4.69, 9.17) is 14.2 Å². The van der Waals surface area contributed by atoms with Crippen LogP contribution in [0, 0.1) is 0 Å². The first-order chi connectivity index (χ1) is 11.2.